The van der Waals surface area contributed by atoms with Gasteiger partial charge in [-0.2, -0.15) is 11.8 Å². The minimum Gasteiger partial charge on any atom is -0.316 e. The van der Waals surface area contributed by atoms with Crippen molar-refractivity contribution in [3.05, 3.63) is 29.1 Å². The number of nitrogens with zero attached hydrogens (tertiary/aromatic N) is 1. The van der Waals surface area contributed by atoms with Crippen LogP contribution in [0.2, 0.25) is 0 Å². The standard InChI is InChI=1S/C12H16N2S/c1-3-13-5-9(1)12-7-14-6-10-8-15-4-2-11(10)12/h6-7,9,13H,1-5,8H2. The van der Waals surface area contributed by atoms with Gasteiger partial charge >= 0.3 is 0 Å². The molecule has 0 bridgehead atoms. The molecule has 1 saturated heterocycles. The maximum Gasteiger partial charge on any atom is 0.0311 e. The zero-order valence-corrected chi connectivity index (χ0v) is 9.65. The molecule has 0 amide bonds. The SMILES string of the molecule is c1ncc(C2CCNC2)c2c1CSCC2. The second-order valence-corrected chi connectivity index (χ2v) is 5.46. The quantitative estimate of drug-likeness (QED) is 0.783. The summed E-state index contributed by atoms with van der Waals surface area (Å²) in [6.45, 7) is 2.31. The van der Waals surface area contributed by atoms with E-state index in [9.17, 15) is 0 Å². The van der Waals surface area contributed by atoms with Gasteiger partial charge in [-0.1, -0.05) is 0 Å². The average Bonchev–Trinajstić information content (AvgIpc) is 2.82. The molecule has 3 heteroatoms. The summed E-state index contributed by atoms with van der Waals surface area (Å²) in [6.07, 6.45) is 6.69. The van der Waals surface area contributed by atoms with Gasteiger partial charge in [-0.3, -0.25) is 4.98 Å². The van der Waals surface area contributed by atoms with Gasteiger partial charge in [-0.25, -0.2) is 0 Å². The van der Waals surface area contributed by atoms with Crippen LogP contribution < -0.4 is 5.32 Å². The Morgan fingerprint density at radius 2 is 2.40 bits per heavy atom. The zero-order chi connectivity index (χ0) is 10.1. The molecule has 2 aliphatic heterocycles. The van der Waals surface area contributed by atoms with Crippen LogP contribution >= 0.6 is 11.8 Å². The lowest BCUT2D eigenvalue weighted by atomic mass is 9.91. The van der Waals surface area contributed by atoms with E-state index in [1.165, 1.54) is 36.3 Å². The van der Waals surface area contributed by atoms with Crippen LogP contribution in [0.15, 0.2) is 12.4 Å². The van der Waals surface area contributed by atoms with Crippen molar-refractivity contribution >= 4 is 11.8 Å². The molecule has 3 rings (SSSR count). The fourth-order valence-electron chi connectivity index (χ4n) is 2.61. The molecule has 0 aliphatic carbocycles. The minimum atomic E-state index is 0.718. The molecule has 0 aromatic carbocycles. The first-order valence-corrected chi connectivity index (χ1v) is 6.85. The summed E-state index contributed by atoms with van der Waals surface area (Å²) >= 11 is 2.03. The van der Waals surface area contributed by atoms with E-state index in [1.54, 1.807) is 5.56 Å². The number of aromatic nitrogens is 1. The van der Waals surface area contributed by atoms with Gasteiger partial charge in [0.05, 0.1) is 0 Å². The molecule has 3 heterocycles. The Balaban J connectivity index is 1.99. The Labute approximate surface area is 94.9 Å². The number of rotatable bonds is 1. The summed E-state index contributed by atoms with van der Waals surface area (Å²) in [5.74, 6) is 3.16. The van der Waals surface area contributed by atoms with Crippen molar-refractivity contribution in [1.82, 2.24) is 10.3 Å². The van der Waals surface area contributed by atoms with Crippen LogP contribution in [0.1, 0.15) is 29.0 Å². The number of thioether (sulfide) groups is 1. The Bertz CT molecular complexity index is 359. The lowest BCUT2D eigenvalue weighted by Crippen LogP contribution is -2.13. The number of pyridine rings is 1. The molecule has 2 aliphatic rings. The van der Waals surface area contributed by atoms with Gasteiger partial charge in [0.1, 0.15) is 0 Å². The number of nitrogens with one attached hydrogen (secondary N) is 1. The van der Waals surface area contributed by atoms with E-state index < -0.39 is 0 Å². The lowest BCUT2D eigenvalue weighted by Gasteiger charge is -2.21. The van der Waals surface area contributed by atoms with E-state index in [4.69, 9.17) is 0 Å². The monoisotopic (exact) mass is 220 g/mol. The van der Waals surface area contributed by atoms with Crippen LogP contribution in [-0.4, -0.2) is 23.8 Å². The molecule has 1 fully saturated rings. The van der Waals surface area contributed by atoms with Crippen molar-refractivity contribution in [1.29, 1.82) is 0 Å². The molecule has 0 radical (unpaired) electrons. The molecular weight excluding hydrogens is 204 g/mol. The molecule has 80 valence electrons. The molecule has 0 saturated carbocycles. The van der Waals surface area contributed by atoms with Crippen LogP contribution in [0.3, 0.4) is 0 Å². The highest BCUT2D eigenvalue weighted by Gasteiger charge is 2.22. The third-order valence-corrected chi connectivity index (χ3v) is 4.44. The van der Waals surface area contributed by atoms with Gasteiger partial charge in [0.2, 0.25) is 0 Å². The highest BCUT2D eigenvalue weighted by Crippen LogP contribution is 2.32. The molecule has 0 spiro atoms. The van der Waals surface area contributed by atoms with Gasteiger partial charge in [-0.15, -0.1) is 0 Å². The van der Waals surface area contributed by atoms with Crippen molar-refractivity contribution in [2.45, 2.75) is 24.5 Å². The van der Waals surface area contributed by atoms with Crippen molar-refractivity contribution < 1.29 is 0 Å². The predicted molar refractivity (Wildman–Crippen MR) is 64.3 cm³/mol. The summed E-state index contributed by atoms with van der Waals surface area (Å²) in [6, 6.07) is 0. The Morgan fingerprint density at radius 1 is 1.40 bits per heavy atom. The van der Waals surface area contributed by atoms with Gasteiger partial charge in [0, 0.05) is 24.7 Å². The second kappa shape index (κ2) is 4.14. The van der Waals surface area contributed by atoms with Gasteiger partial charge < -0.3 is 5.32 Å². The van der Waals surface area contributed by atoms with Crippen molar-refractivity contribution in [2.75, 3.05) is 18.8 Å². The fourth-order valence-corrected chi connectivity index (χ4v) is 3.57. The molecule has 15 heavy (non-hydrogen) atoms. The summed E-state index contributed by atoms with van der Waals surface area (Å²) in [5, 5.41) is 3.44. The zero-order valence-electron chi connectivity index (χ0n) is 8.83. The van der Waals surface area contributed by atoms with E-state index in [0.717, 1.165) is 18.2 Å². The Kier molecular flexibility index (Phi) is 2.67. The number of fused-ring (bicyclic) bond motifs is 1. The highest BCUT2D eigenvalue weighted by atomic mass is 32.2. The lowest BCUT2D eigenvalue weighted by molar-refractivity contribution is 0.743. The first-order valence-electron chi connectivity index (χ1n) is 5.69. The summed E-state index contributed by atoms with van der Waals surface area (Å²) in [7, 11) is 0. The first-order chi connectivity index (χ1) is 7.45. The smallest absolute Gasteiger partial charge is 0.0311 e. The van der Waals surface area contributed by atoms with Gasteiger partial charge in [0.15, 0.2) is 0 Å². The van der Waals surface area contributed by atoms with Crippen LogP contribution in [0.25, 0.3) is 0 Å². The normalized spacial score (nSPS) is 25.2. The average molecular weight is 220 g/mol. The van der Waals surface area contributed by atoms with E-state index in [-0.39, 0.29) is 0 Å². The topological polar surface area (TPSA) is 24.9 Å². The summed E-state index contributed by atoms with van der Waals surface area (Å²) < 4.78 is 0. The second-order valence-electron chi connectivity index (χ2n) is 4.36. The van der Waals surface area contributed by atoms with Gasteiger partial charge in [0.25, 0.3) is 0 Å². The number of hydrogen-bond acceptors (Lipinski definition) is 3. The summed E-state index contributed by atoms with van der Waals surface area (Å²) in [5.41, 5.74) is 4.62. The largest absolute Gasteiger partial charge is 0.316 e. The Hall–Kier alpha value is -0.540. The Morgan fingerprint density at radius 3 is 3.27 bits per heavy atom. The maximum atomic E-state index is 4.40. The third-order valence-electron chi connectivity index (χ3n) is 3.43. The maximum absolute atomic E-state index is 4.40. The van der Waals surface area contributed by atoms with E-state index in [1.807, 2.05) is 11.8 Å². The molecule has 1 N–H and O–H groups in total. The van der Waals surface area contributed by atoms with Crippen LogP contribution in [-0.2, 0) is 12.2 Å². The summed E-state index contributed by atoms with van der Waals surface area (Å²) in [4.78, 5) is 4.40. The molecule has 1 unspecified atom stereocenters. The van der Waals surface area contributed by atoms with Crippen molar-refractivity contribution in [2.24, 2.45) is 0 Å². The number of hydrogen-bond donors (Lipinski definition) is 1. The molecular formula is C12H16N2S. The van der Waals surface area contributed by atoms with E-state index in [0.29, 0.717) is 0 Å². The van der Waals surface area contributed by atoms with Gasteiger partial charge in [-0.05, 0) is 47.7 Å². The fraction of sp³-hybridized carbons (Fsp3) is 0.583. The minimum absolute atomic E-state index is 0.718. The molecule has 1 aromatic heterocycles. The van der Waals surface area contributed by atoms with E-state index in [2.05, 4.69) is 22.7 Å². The highest BCUT2D eigenvalue weighted by molar-refractivity contribution is 7.98. The molecule has 1 aromatic rings. The van der Waals surface area contributed by atoms with Crippen LogP contribution in [0.4, 0.5) is 0 Å². The third kappa shape index (κ3) is 1.79. The van der Waals surface area contributed by atoms with Crippen molar-refractivity contribution in [3.63, 3.8) is 0 Å². The van der Waals surface area contributed by atoms with Crippen molar-refractivity contribution in [3.8, 4) is 0 Å². The van der Waals surface area contributed by atoms with Crippen LogP contribution in [0.5, 0.6) is 0 Å². The van der Waals surface area contributed by atoms with E-state index >= 15 is 0 Å². The first kappa shape index (κ1) is 9.67. The van der Waals surface area contributed by atoms with Crippen LogP contribution in [0, 0.1) is 0 Å². The molecule has 1 atom stereocenters. The molecule has 2 nitrogen and oxygen atoms in total. The predicted octanol–water partition coefficient (Wildman–Crippen LogP) is 1.95.